The largest absolute Gasteiger partial charge is 0.444 e. The maximum absolute atomic E-state index is 11.5. The number of nitrogens with zero attached hydrogens (tertiary/aromatic N) is 1. The highest BCUT2D eigenvalue weighted by Crippen LogP contribution is 2.09. The van der Waals surface area contributed by atoms with Crippen LogP contribution in [0.15, 0.2) is 0 Å². The van der Waals surface area contributed by atoms with E-state index >= 15 is 0 Å². The van der Waals surface area contributed by atoms with Gasteiger partial charge in [-0.15, -0.1) is 0 Å². The van der Waals surface area contributed by atoms with E-state index < -0.39 is 0 Å². The van der Waals surface area contributed by atoms with E-state index in [1.165, 1.54) is 0 Å². The fourth-order valence-electron chi connectivity index (χ4n) is 1.78. The zero-order chi connectivity index (χ0) is 14.1. The summed E-state index contributed by atoms with van der Waals surface area (Å²) in [5.74, 6) is 0. The van der Waals surface area contributed by atoms with Gasteiger partial charge in [0, 0.05) is 52.4 Å². The maximum atomic E-state index is 11.5. The molecular weight excluding hydrogens is 244 g/mol. The van der Waals surface area contributed by atoms with Gasteiger partial charge in [-0.2, -0.15) is 0 Å². The van der Waals surface area contributed by atoms with Crippen LogP contribution in [0.25, 0.3) is 0 Å². The number of amides is 1. The molecule has 2 heterocycles. The predicted molar refractivity (Wildman–Crippen MR) is 76.4 cm³/mol. The van der Waals surface area contributed by atoms with Crippen molar-refractivity contribution in [2.24, 2.45) is 0 Å². The van der Waals surface area contributed by atoms with Crippen molar-refractivity contribution in [3.05, 3.63) is 0 Å². The number of nitrogens with one attached hydrogen (secondary N) is 3. The molecule has 2 rings (SSSR count). The van der Waals surface area contributed by atoms with Crippen LogP contribution < -0.4 is 16.0 Å². The topological polar surface area (TPSA) is 65.6 Å². The van der Waals surface area contributed by atoms with Crippen LogP contribution in [0.4, 0.5) is 4.79 Å². The number of rotatable bonds is 0. The lowest BCUT2D eigenvalue weighted by Crippen LogP contribution is -2.48. The fourth-order valence-corrected chi connectivity index (χ4v) is 1.78. The standard InChI is InChI=1S/C9H18N2O2.C4H10N2/c1-9(2,3)13-8(12)11-6-4-10-5-7-11;1-2-6-4-3-5-1/h10H,4-7H2,1-3H3;5-6H,1-4H2. The highest BCUT2D eigenvalue weighted by atomic mass is 16.6. The van der Waals surface area contributed by atoms with E-state index in [0.29, 0.717) is 0 Å². The maximum Gasteiger partial charge on any atom is 0.410 e. The molecular formula is C13H28N4O2. The van der Waals surface area contributed by atoms with Crippen molar-refractivity contribution < 1.29 is 9.53 Å². The number of ether oxygens (including phenoxy) is 1. The Morgan fingerprint density at radius 1 is 0.895 bits per heavy atom. The molecule has 2 saturated heterocycles. The lowest BCUT2D eigenvalue weighted by molar-refractivity contribution is 0.0229. The third kappa shape index (κ3) is 8.02. The molecule has 0 spiro atoms. The summed E-state index contributed by atoms with van der Waals surface area (Å²) in [7, 11) is 0. The van der Waals surface area contributed by atoms with Crippen LogP contribution in [0.1, 0.15) is 20.8 Å². The number of carbonyl (C=O) groups excluding carboxylic acids is 1. The minimum atomic E-state index is -0.387. The van der Waals surface area contributed by atoms with Gasteiger partial charge in [-0.3, -0.25) is 0 Å². The Morgan fingerprint density at radius 3 is 1.68 bits per heavy atom. The quantitative estimate of drug-likeness (QED) is 0.579. The van der Waals surface area contributed by atoms with E-state index in [0.717, 1.165) is 52.4 Å². The summed E-state index contributed by atoms with van der Waals surface area (Å²) in [6, 6.07) is 0. The Labute approximate surface area is 116 Å². The first-order valence-corrected chi connectivity index (χ1v) is 7.09. The van der Waals surface area contributed by atoms with Crippen molar-refractivity contribution in [2.45, 2.75) is 26.4 Å². The highest BCUT2D eigenvalue weighted by Gasteiger charge is 2.22. The molecule has 19 heavy (non-hydrogen) atoms. The van der Waals surface area contributed by atoms with Crippen LogP contribution in [-0.4, -0.2) is 69.0 Å². The minimum absolute atomic E-state index is 0.200. The molecule has 2 fully saturated rings. The molecule has 2 aliphatic heterocycles. The fraction of sp³-hybridized carbons (Fsp3) is 0.923. The first-order chi connectivity index (χ1) is 8.99. The second kappa shape index (κ2) is 8.35. The van der Waals surface area contributed by atoms with Crippen molar-refractivity contribution in [2.75, 3.05) is 52.4 Å². The van der Waals surface area contributed by atoms with Crippen LogP contribution in [0.2, 0.25) is 0 Å². The molecule has 0 radical (unpaired) electrons. The average molecular weight is 272 g/mol. The van der Waals surface area contributed by atoms with E-state index in [1.807, 2.05) is 20.8 Å². The van der Waals surface area contributed by atoms with Crippen LogP contribution in [0, 0.1) is 0 Å². The zero-order valence-electron chi connectivity index (χ0n) is 12.4. The summed E-state index contributed by atoms with van der Waals surface area (Å²) in [5.41, 5.74) is -0.387. The van der Waals surface area contributed by atoms with Crippen molar-refractivity contribution in [3.8, 4) is 0 Å². The zero-order valence-corrected chi connectivity index (χ0v) is 12.4. The molecule has 1 amide bonds. The van der Waals surface area contributed by atoms with Crippen molar-refractivity contribution in [1.29, 1.82) is 0 Å². The average Bonchev–Trinajstić information content (AvgIpc) is 2.40. The van der Waals surface area contributed by atoms with E-state index in [4.69, 9.17) is 4.74 Å². The normalized spacial score (nSPS) is 20.3. The Morgan fingerprint density at radius 2 is 1.32 bits per heavy atom. The summed E-state index contributed by atoms with van der Waals surface area (Å²) in [5, 5.41) is 9.63. The number of hydrogen-bond donors (Lipinski definition) is 3. The second-order valence-electron chi connectivity index (χ2n) is 5.72. The molecule has 0 bridgehead atoms. The molecule has 2 aliphatic rings. The Kier molecular flexibility index (Phi) is 7.12. The van der Waals surface area contributed by atoms with Gasteiger partial charge >= 0.3 is 6.09 Å². The van der Waals surface area contributed by atoms with Gasteiger partial charge in [0.1, 0.15) is 5.60 Å². The minimum Gasteiger partial charge on any atom is -0.444 e. The molecule has 0 aromatic rings. The molecule has 0 unspecified atom stereocenters. The Bertz CT molecular complexity index is 244. The second-order valence-corrected chi connectivity index (χ2v) is 5.72. The van der Waals surface area contributed by atoms with Crippen molar-refractivity contribution in [1.82, 2.24) is 20.9 Å². The third-order valence-electron chi connectivity index (χ3n) is 2.73. The molecule has 0 aromatic carbocycles. The molecule has 0 saturated carbocycles. The van der Waals surface area contributed by atoms with Gasteiger partial charge in [0.05, 0.1) is 0 Å². The number of carbonyl (C=O) groups is 1. The monoisotopic (exact) mass is 272 g/mol. The number of piperazine rings is 2. The van der Waals surface area contributed by atoms with Gasteiger partial charge in [0.2, 0.25) is 0 Å². The summed E-state index contributed by atoms with van der Waals surface area (Å²) in [4.78, 5) is 13.2. The van der Waals surface area contributed by atoms with Crippen LogP contribution in [0.3, 0.4) is 0 Å². The first-order valence-electron chi connectivity index (χ1n) is 7.09. The summed E-state index contributed by atoms with van der Waals surface area (Å²) in [6.07, 6.45) is -0.200. The molecule has 3 N–H and O–H groups in total. The van der Waals surface area contributed by atoms with E-state index in [9.17, 15) is 4.79 Å². The van der Waals surface area contributed by atoms with Gasteiger partial charge in [0.15, 0.2) is 0 Å². The molecule has 6 heteroatoms. The molecule has 0 aromatic heterocycles. The smallest absolute Gasteiger partial charge is 0.410 e. The molecule has 0 atom stereocenters. The van der Waals surface area contributed by atoms with Gasteiger partial charge in [-0.25, -0.2) is 4.79 Å². The van der Waals surface area contributed by atoms with Crippen LogP contribution >= 0.6 is 0 Å². The summed E-state index contributed by atoms with van der Waals surface area (Å²) >= 11 is 0. The van der Waals surface area contributed by atoms with E-state index in [2.05, 4.69) is 16.0 Å². The third-order valence-corrected chi connectivity index (χ3v) is 2.73. The summed E-state index contributed by atoms with van der Waals surface area (Å²) in [6.45, 7) is 13.4. The summed E-state index contributed by atoms with van der Waals surface area (Å²) < 4.78 is 5.24. The van der Waals surface area contributed by atoms with Gasteiger partial charge in [-0.1, -0.05) is 0 Å². The van der Waals surface area contributed by atoms with Crippen molar-refractivity contribution >= 4 is 6.09 Å². The molecule has 112 valence electrons. The van der Waals surface area contributed by atoms with Crippen LogP contribution in [0.5, 0.6) is 0 Å². The molecule has 6 nitrogen and oxygen atoms in total. The lowest BCUT2D eigenvalue weighted by atomic mass is 10.2. The first kappa shape index (κ1) is 16.2. The highest BCUT2D eigenvalue weighted by molar-refractivity contribution is 5.68. The van der Waals surface area contributed by atoms with Gasteiger partial charge in [-0.05, 0) is 20.8 Å². The number of hydrogen-bond acceptors (Lipinski definition) is 5. The Hall–Kier alpha value is -0.850. The Balaban J connectivity index is 0.000000250. The molecule has 0 aliphatic carbocycles. The van der Waals surface area contributed by atoms with Gasteiger partial charge in [0.25, 0.3) is 0 Å². The lowest BCUT2D eigenvalue weighted by Gasteiger charge is -2.30. The van der Waals surface area contributed by atoms with Gasteiger partial charge < -0.3 is 25.6 Å². The van der Waals surface area contributed by atoms with E-state index in [1.54, 1.807) is 4.90 Å². The predicted octanol–water partition coefficient (Wildman–Crippen LogP) is 0.00590. The van der Waals surface area contributed by atoms with E-state index in [-0.39, 0.29) is 11.7 Å². The SMILES string of the molecule is C1CNCCN1.CC(C)(C)OC(=O)N1CCNCC1. The van der Waals surface area contributed by atoms with Crippen molar-refractivity contribution in [3.63, 3.8) is 0 Å². The van der Waals surface area contributed by atoms with Crippen LogP contribution in [-0.2, 0) is 4.74 Å².